The number of hydrogen-bond acceptors (Lipinski definition) is 2. The van der Waals surface area contributed by atoms with E-state index in [4.69, 9.17) is 4.74 Å². The molecule has 4 heteroatoms. The quantitative estimate of drug-likeness (QED) is 0.621. The van der Waals surface area contributed by atoms with Gasteiger partial charge in [-0.15, -0.1) is 0 Å². The minimum absolute atomic E-state index is 0.103. The average Bonchev–Trinajstić information content (AvgIpc) is 2.51. The van der Waals surface area contributed by atoms with Crippen molar-refractivity contribution < 1.29 is 18.3 Å². The van der Waals surface area contributed by atoms with Crippen molar-refractivity contribution in [3.8, 4) is 0 Å². The highest BCUT2D eigenvalue weighted by Gasteiger charge is 2.66. The van der Waals surface area contributed by atoms with E-state index in [0.29, 0.717) is 6.61 Å². The number of halogens is 2. The Morgan fingerprint density at radius 2 is 2.00 bits per heavy atom. The van der Waals surface area contributed by atoms with E-state index in [2.05, 4.69) is 0 Å². The van der Waals surface area contributed by atoms with Gasteiger partial charge in [0.05, 0.1) is 12.5 Å². The van der Waals surface area contributed by atoms with Crippen LogP contribution in [-0.2, 0) is 9.53 Å². The molecule has 0 N–H and O–H groups in total. The fraction of sp³-hybridized carbons (Fsp3) is 0.889. The van der Waals surface area contributed by atoms with Crippen LogP contribution in [0, 0.1) is 17.8 Å². The minimum atomic E-state index is -2.53. The smallest absolute Gasteiger partial charge is 0.309 e. The predicted octanol–water partition coefficient (Wildman–Crippen LogP) is 1.84. The third-order valence-electron chi connectivity index (χ3n) is 2.96. The Morgan fingerprint density at radius 3 is 2.46 bits per heavy atom. The molecule has 0 saturated heterocycles. The van der Waals surface area contributed by atoms with Gasteiger partial charge in [-0.25, -0.2) is 8.78 Å². The van der Waals surface area contributed by atoms with Gasteiger partial charge in [0.25, 0.3) is 0 Å². The molecule has 74 valence electrons. The molecule has 0 aromatic rings. The molecule has 2 atom stereocenters. The van der Waals surface area contributed by atoms with Crippen LogP contribution in [0.2, 0.25) is 0 Å². The molecular formula is C9H12F2O2. The van der Waals surface area contributed by atoms with Crippen molar-refractivity contribution in [2.24, 2.45) is 17.8 Å². The molecular weight excluding hydrogens is 178 g/mol. The highest BCUT2D eigenvalue weighted by atomic mass is 19.3. The molecule has 2 aliphatic carbocycles. The molecule has 0 aliphatic heterocycles. The maximum atomic E-state index is 12.7. The standard InChI is InChI=1S/C9H12F2O2/c1-2-13-8(12)7-5-3-9(10,11)4-6(5)7/h5-7H,2-4H2,1H3. The minimum Gasteiger partial charge on any atom is -0.466 e. The first-order valence-corrected chi connectivity index (χ1v) is 4.59. The Morgan fingerprint density at radius 1 is 1.46 bits per heavy atom. The first kappa shape index (κ1) is 8.91. The summed E-state index contributed by atoms with van der Waals surface area (Å²) in [4.78, 5) is 11.2. The van der Waals surface area contributed by atoms with Gasteiger partial charge in [-0.3, -0.25) is 4.79 Å². The second-order valence-corrected chi connectivity index (χ2v) is 3.87. The molecule has 0 spiro atoms. The van der Waals surface area contributed by atoms with Crippen LogP contribution < -0.4 is 0 Å². The second kappa shape index (κ2) is 2.66. The number of ether oxygens (including phenoxy) is 1. The van der Waals surface area contributed by atoms with Crippen molar-refractivity contribution in [2.45, 2.75) is 25.7 Å². The fourth-order valence-corrected chi connectivity index (χ4v) is 2.36. The molecule has 0 aromatic carbocycles. The van der Waals surface area contributed by atoms with E-state index in [0.717, 1.165) is 0 Å². The summed E-state index contributed by atoms with van der Waals surface area (Å²) in [6.45, 7) is 2.07. The summed E-state index contributed by atoms with van der Waals surface area (Å²) < 4.78 is 30.2. The third kappa shape index (κ3) is 1.42. The van der Waals surface area contributed by atoms with Crippen molar-refractivity contribution >= 4 is 5.97 Å². The highest BCUT2D eigenvalue weighted by molar-refractivity contribution is 5.76. The number of hydrogen-bond donors (Lipinski definition) is 0. The summed E-state index contributed by atoms with van der Waals surface area (Å²) in [7, 11) is 0. The van der Waals surface area contributed by atoms with E-state index >= 15 is 0 Å². The van der Waals surface area contributed by atoms with Crippen LogP contribution >= 0.6 is 0 Å². The van der Waals surface area contributed by atoms with E-state index in [1.54, 1.807) is 6.92 Å². The highest BCUT2D eigenvalue weighted by Crippen LogP contribution is 2.62. The lowest BCUT2D eigenvalue weighted by Crippen LogP contribution is -2.18. The van der Waals surface area contributed by atoms with E-state index < -0.39 is 5.92 Å². The molecule has 2 saturated carbocycles. The van der Waals surface area contributed by atoms with Crippen LogP contribution in [0.15, 0.2) is 0 Å². The first-order chi connectivity index (χ1) is 6.05. The van der Waals surface area contributed by atoms with Crippen LogP contribution in [0.5, 0.6) is 0 Å². The second-order valence-electron chi connectivity index (χ2n) is 3.87. The van der Waals surface area contributed by atoms with Crippen LogP contribution in [0.3, 0.4) is 0 Å². The maximum absolute atomic E-state index is 12.7. The summed E-state index contributed by atoms with van der Waals surface area (Å²) in [5.41, 5.74) is 0. The van der Waals surface area contributed by atoms with Gasteiger partial charge in [0.1, 0.15) is 0 Å². The van der Waals surface area contributed by atoms with E-state index in [1.165, 1.54) is 0 Å². The molecule has 2 fully saturated rings. The number of rotatable bonds is 2. The van der Waals surface area contributed by atoms with Gasteiger partial charge in [-0.1, -0.05) is 0 Å². The average molecular weight is 190 g/mol. The molecule has 2 nitrogen and oxygen atoms in total. The van der Waals surface area contributed by atoms with Gasteiger partial charge < -0.3 is 4.74 Å². The molecule has 0 aromatic heterocycles. The van der Waals surface area contributed by atoms with Crippen molar-refractivity contribution in [1.29, 1.82) is 0 Å². The molecule has 13 heavy (non-hydrogen) atoms. The zero-order valence-electron chi connectivity index (χ0n) is 7.43. The number of carbonyl (C=O) groups is 1. The summed E-state index contributed by atoms with van der Waals surface area (Å²) in [6.07, 6.45) is -0.248. The number of fused-ring (bicyclic) bond motifs is 1. The third-order valence-corrected chi connectivity index (χ3v) is 2.96. The van der Waals surface area contributed by atoms with Gasteiger partial charge in [-0.05, 0) is 18.8 Å². The van der Waals surface area contributed by atoms with Crippen LogP contribution in [0.1, 0.15) is 19.8 Å². The lowest BCUT2D eigenvalue weighted by Gasteiger charge is -2.11. The molecule has 2 unspecified atom stereocenters. The van der Waals surface area contributed by atoms with Gasteiger partial charge >= 0.3 is 5.97 Å². The molecule has 0 amide bonds. The Balaban J connectivity index is 1.88. The number of carbonyl (C=O) groups excluding carboxylic acids is 1. The molecule has 0 bridgehead atoms. The van der Waals surface area contributed by atoms with Gasteiger partial charge in [-0.2, -0.15) is 0 Å². The topological polar surface area (TPSA) is 26.3 Å². The predicted molar refractivity (Wildman–Crippen MR) is 41.3 cm³/mol. The Hall–Kier alpha value is -0.670. The van der Waals surface area contributed by atoms with Crippen molar-refractivity contribution in [3.05, 3.63) is 0 Å². The van der Waals surface area contributed by atoms with Gasteiger partial charge in [0.2, 0.25) is 5.92 Å². The lowest BCUT2D eigenvalue weighted by atomic mass is 10.1. The SMILES string of the molecule is CCOC(=O)C1C2CC(F)(F)CC21. The Labute approximate surface area is 75.3 Å². The number of alkyl halides is 2. The summed E-state index contributed by atoms with van der Waals surface area (Å²) in [6, 6.07) is 0. The normalized spacial score (nSPS) is 39.8. The summed E-state index contributed by atoms with van der Waals surface area (Å²) in [5.74, 6) is -3.24. The first-order valence-electron chi connectivity index (χ1n) is 4.59. The molecule has 2 rings (SSSR count). The van der Waals surface area contributed by atoms with Crippen LogP contribution in [0.25, 0.3) is 0 Å². The van der Waals surface area contributed by atoms with Crippen LogP contribution in [0.4, 0.5) is 8.78 Å². The maximum Gasteiger partial charge on any atom is 0.309 e. The largest absolute Gasteiger partial charge is 0.466 e. The van der Waals surface area contributed by atoms with Gasteiger partial charge in [0.15, 0.2) is 0 Å². The molecule has 0 radical (unpaired) electrons. The Kier molecular flexibility index (Phi) is 1.82. The zero-order valence-corrected chi connectivity index (χ0v) is 7.43. The number of esters is 1. The summed E-state index contributed by atoms with van der Waals surface area (Å²) >= 11 is 0. The monoisotopic (exact) mass is 190 g/mol. The van der Waals surface area contributed by atoms with E-state index in [1.807, 2.05) is 0 Å². The van der Waals surface area contributed by atoms with Crippen LogP contribution in [-0.4, -0.2) is 18.5 Å². The van der Waals surface area contributed by atoms with Gasteiger partial charge in [0, 0.05) is 12.8 Å². The molecule has 0 heterocycles. The van der Waals surface area contributed by atoms with Crippen molar-refractivity contribution in [1.82, 2.24) is 0 Å². The zero-order chi connectivity index (χ0) is 9.64. The van der Waals surface area contributed by atoms with Crippen molar-refractivity contribution in [2.75, 3.05) is 6.61 Å². The van der Waals surface area contributed by atoms with E-state index in [-0.39, 0.29) is 36.6 Å². The van der Waals surface area contributed by atoms with E-state index in [9.17, 15) is 13.6 Å². The Bertz CT molecular complexity index is 226. The lowest BCUT2D eigenvalue weighted by molar-refractivity contribution is -0.146. The van der Waals surface area contributed by atoms with Crippen molar-refractivity contribution in [3.63, 3.8) is 0 Å². The molecule has 2 aliphatic rings. The summed E-state index contributed by atoms with van der Waals surface area (Å²) in [5, 5.41) is 0. The fourth-order valence-electron chi connectivity index (χ4n) is 2.36.